The van der Waals surface area contributed by atoms with Gasteiger partial charge in [0.2, 0.25) is 0 Å². The van der Waals surface area contributed by atoms with Gasteiger partial charge in [-0.2, -0.15) is 0 Å². The number of ether oxygens (including phenoxy) is 2. The van der Waals surface area contributed by atoms with Crippen LogP contribution in [0.25, 0.3) is 6.08 Å². The van der Waals surface area contributed by atoms with Crippen LogP contribution < -0.4 is 10.1 Å². The number of esters is 1. The van der Waals surface area contributed by atoms with E-state index in [1.807, 2.05) is 24.3 Å². The summed E-state index contributed by atoms with van der Waals surface area (Å²) in [5, 5.41) is 12.3. The number of nitrogens with one attached hydrogen (secondary N) is 1. The van der Waals surface area contributed by atoms with Crippen molar-refractivity contribution in [3.63, 3.8) is 0 Å². The zero-order chi connectivity index (χ0) is 21.6. The molecule has 0 spiro atoms. The number of anilines is 1. The van der Waals surface area contributed by atoms with Gasteiger partial charge in [-0.3, -0.25) is 4.79 Å². The van der Waals surface area contributed by atoms with E-state index in [0.29, 0.717) is 17.0 Å². The highest BCUT2D eigenvalue weighted by Gasteiger charge is 2.18. The number of carbonyl (C=O) groups excluding carboxylic acids is 2. The molecule has 0 aliphatic rings. The molecule has 2 aromatic carbocycles. The van der Waals surface area contributed by atoms with E-state index < -0.39 is 18.0 Å². The van der Waals surface area contributed by atoms with Gasteiger partial charge in [0.25, 0.3) is 5.91 Å². The Balaban J connectivity index is 1.92. The van der Waals surface area contributed by atoms with Gasteiger partial charge in [0.05, 0.1) is 7.11 Å². The lowest BCUT2D eigenvalue weighted by molar-refractivity contribution is -0.148. The maximum atomic E-state index is 12.3. The van der Waals surface area contributed by atoms with E-state index >= 15 is 0 Å². The van der Waals surface area contributed by atoms with Crippen LogP contribution in [0.2, 0.25) is 0 Å². The molecular formula is C23H27NO5. The number of aromatic hydroxyl groups is 1. The SMILES string of the molecule is COc1cc(/C=C\C(=O)O[C@H](C)C(=O)Nc2ccc(C(C)(C)C)cc2)ccc1O. The van der Waals surface area contributed by atoms with Gasteiger partial charge in [0.1, 0.15) is 0 Å². The molecule has 0 aromatic heterocycles. The van der Waals surface area contributed by atoms with Crippen molar-refractivity contribution in [1.29, 1.82) is 0 Å². The maximum absolute atomic E-state index is 12.3. The molecule has 1 amide bonds. The first kappa shape index (κ1) is 22.0. The van der Waals surface area contributed by atoms with Crippen LogP contribution in [0.3, 0.4) is 0 Å². The molecule has 0 fully saturated rings. The fraction of sp³-hybridized carbons (Fsp3) is 0.304. The molecule has 0 aliphatic heterocycles. The van der Waals surface area contributed by atoms with Gasteiger partial charge in [0, 0.05) is 11.8 Å². The highest BCUT2D eigenvalue weighted by molar-refractivity contribution is 5.96. The molecule has 1 atom stereocenters. The number of phenols is 1. The second-order valence-electron chi connectivity index (χ2n) is 7.66. The number of phenolic OH excluding ortho intramolecular Hbond substituents is 1. The Morgan fingerprint density at radius 1 is 1.10 bits per heavy atom. The number of hydrogen-bond donors (Lipinski definition) is 2. The molecule has 0 saturated carbocycles. The zero-order valence-electron chi connectivity index (χ0n) is 17.4. The molecule has 6 heteroatoms. The Morgan fingerprint density at radius 2 is 1.76 bits per heavy atom. The lowest BCUT2D eigenvalue weighted by atomic mass is 9.87. The van der Waals surface area contributed by atoms with Crippen molar-refractivity contribution in [2.45, 2.75) is 39.2 Å². The molecule has 6 nitrogen and oxygen atoms in total. The van der Waals surface area contributed by atoms with Gasteiger partial charge in [-0.05, 0) is 53.8 Å². The quantitative estimate of drug-likeness (QED) is 0.561. The third kappa shape index (κ3) is 6.38. The van der Waals surface area contributed by atoms with Gasteiger partial charge >= 0.3 is 5.97 Å². The van der Waals surface area contributed by atoms with Gasteiger partial charge in [-0.1, -0.05) is 39.0 Å². The minimum absolute atomic E-state index is 0.00746. The number of hydrogen-bond acceptors (Lipinski definition) is 5. The summed E-state index contributed by atoms with van der Waals surface area (Å²) in [7, 11) is 1.44. The van der Waals surface area contributed by atoms with E-state index in [4.69, 9.17) is 9.47 Å². The third-order valence-electron chi connectivity index (χ3n) is 4.30. The molecule has 0 heterocycles. The highest BCUT2D eigenvalue weighted by atomic mass is 16.5. The highest BCUT2D eigenvalue weighted by Crippen LogP contribution is 2.27. The summed E-state index contributed by atoms with van der Waals surface area (Å²) in [4.78, 5) is 24.3. The standard InChI is InChI=1S/C23H27NO5/c1-15(22(27)24-18-10-8-17(9-11-18)23(2,3)4)29-21(26)13-7-16-6-12-19(25)20(14-16)28-5/h6-15,25H,1-5H3,(H,24,27)/b13-7-/t15-/m1/s1. The Labute approximate surface area is 171 Å². The molecular weight excluding hydrogens is 370 g/mol. The van der Waals surface area contributed by atoms with Gasteiger partial charge in [-0.15, -0.1) is 0 Å². The van der Waals surface area contributed by atoms with Crippen LogP contribution in [0.4, 0.5) is 5.69 Å². The van der Waals surface area contributed by atoms with Crippen molar-refractivity contribution in [3.05, 3.63) is 59.7 Å². The summed E-state index contributed by atoms with van der Waals surface area (Å²) in [6.07, 6.45) is 1.78. The predicted octanol–water partition coefficient (Wildman–Crippen LogP) is 4.28. The molecule has 0 radical (unpaired) electrons. The number of methoxy groups -OCH3 is 1. The van der Waals surface area contributed by atoms with Gasteiger partial charge < -0.3 is 19.9 Å². The number of benzene rings is 2. The summed E-state index contributed by atoms with van der Waals surface area (Å²) < 4.78 is 10.2. The second-order valence-corrected chi connectivity index (χ2v) is 7.66. The normalized spacial score (nSPS) is 12.4. The first-order valence-electron chi connectivity index (χ1n) is 9.27. The van der Waals surface area contributed by atoms with Crippen molar-refractivity contribution in [3.8, 4) is 11.5 Å². The number of carbonyl (C=O) groups is 2. The second kappa shape index (κ2) is 9.28. The molecule has 0 unspecified atom stereocenters. The lowest BCUT2D eigenvalue weighted by Gasteiger charge is -2.19. The van der Waals surface area contributed by atoms with E-state index in [1.165, 1.54) is 32.3 Å². The average Bonchev–Trinajstić information content (AvgIpc) is 2.67. The third-order valence-corrected chi connectivity index (χ3v) is 4.30. The van der Waals surface area contributed by atoms with Crippen molar-refractivity contribution in [1.82, 2.24) is 0 Å². The summed E-state index contributed by atoms with van der Waals surface area (Å²) in [5.41, 5.74) is 2.47. The van der Waals surface area contributed by atoms with Crippen LogP contribution >= 0.6 is 0 Å². The Bertz CT molecular complexity index is 894. The monoisotopic (exact) mass is 397 g/mol. The largest absolute Gasteiger partial charge is 0.504 e. The predicted molar refractivity (Wildman–Crippen MR) is 113 cm³/mol. The molecule has 0 bridgehead atoms. The Kier molecular flexibility index (Phi) is 7.04. The van der Waals surface area contributed by atoms with E-state index in [0.717, 1.165) is 5.56 Å². The van der Waals surface area contributed by atoms with Crippen LogP contribution in [0.15, 0.2) is 48.5 Å². The molecule has 2 N–H and O–H groups in total. The van der Waals surface area contributed by atoms with Crippen molar-refractivity contribution < 1.29 is 24.2 Å². The van der Waals surface area contributed by atoms with Crippen molar-refractivity contribution in [2.24, 2.45) is 0 Å². The average molecular weight is 397 g/mol. The van der Waals surface area contributed by atoms with Crippen molar-refractivity contribution >= 4 is 23.6 Å². The van der Waals surface area contributed by atoms with E-state index in [9.17, 15) is 14.7 Å². The van der Waals surface area contributed by atoms with Gasteiger partial charge in [-0.25, -0.2) is 4.79 Å². The summed E-state index contributed by atoms with van der Waals surface area (Å²) in [6, 6.07) is 12.2. The van der Waals surface area contributed by atoms with Crippen molar-refractivity contribution in [2.75, 3.05) is 12.4 Å². The Hall–Kier alpha value is -3.28. The lowest BCUT2D eigenvalue weighted by Crippen LogP contribution is -2.29. The summed E-state index contributed by atoms with van der Waals surface area (Å²) >= 11 is 0. The molecule has 2 rings (SSSR count). The fourth-order valence-corrected chi connectivity index (χ4v) is 2.53. The smallest absolute Gasteiger partial charge is 0.331 e. The summed E-state index contributed by atoms with van der Waals surface area (Å²) in [5.74, 6) is -0.761. The van der Waals surface area contributed by atoms with Crippen LogP contribution in [0, 0.1) is 0 Å². The summed E-state index contributed by atoms with van der Waals surface area (Å²) in [6.45, 7) is 7.85. The first-order chi connectivity index (χ1) is 13.6. The zero-order valence-corrected chi connectivity index (χ0v) is 17.4. The van der Waals surface area contributed by atoms with Gasteiger partial charge in [0.15, 0.2) is 17.6 Å². The number of amides is 1. The molecule has 0 saturated heterocycles. The minimum atomic E-state index is -0.955. The van der Waals surface area contributed by atoms with E-state index in [1.54, 1.807) is 12.1 Å². The first-order valence-corrected chi connectivity index (χ1v) is 9.27. The molecule has 0 aliphatic carbocycles. The molecule has 2 aromatic rings. The van der Waals surface area contributed by atoms with Crippen LogP contribution in [0.1, 0.15) is 38.8 Å². The van der Waals surface area contributed by atoms with Crippen LogP contribution in [-0.2, 0) is 19.7 Å². The van der Waals surface area contributed by atoms with E-state index in [2.05, 4.69) is 26.1 Å². The van der Waals surface area contributed by atoms with E-state index in [-0.39, 0.29) is 11.2 Å². The van der Waals surface area contributed by atoms with Crippen LogP contribution in [0.5, 0.6) is 11.5 Å². The molecule has 154 valence electrons. The Morgan fingerprint density at radius 3 is 2.34 bits per heavy atom. The topological polar surface area (TPSA) is 84.9 Å². The fourth-order valence-electron chi connectivity index (χ4n) is 2.53. The molecule has 29 heavy (non-hydrogen) atoms. The minimum Gasteiger partial charge on any atom is -0.504 e. The number of rotatable bonds is 6. The maximum Gasteiger partial charge on any atom is 0.331 e. The van der Waals surface area contributed by atoms with Crippen LogP contribution in [-0.4, -0.2) is 30.2 Å².